The maximum atomic E-state index is 12.8. The van der Waals surface area contributed by atoms with E-state index in [1.807, 2.05) is 0 Å². The first kappa shape index (κ1) is 57.6. The van der Waals surface area contributed by atoms with Crippen LogP contribution in [0.1, 0.15) is 226 Å². The molecule has 0 fully saturated rings. The molecule has 6 nitrogen and oxygen atoms in total. The maximum absolute atomic E-state index is 12.8. The third kappa shape index (κ3) is 47.5. The van der Waals surface area contributed by atoms with Crippen LogP contribution in [0.2, 0.25) is 0 Å². The Kier molecular flexibility index (Phi) is 46.5. The number of allylic oxidation sites excluding steroid dienone is 14. The summed E-state index contributed by atoms with van der Waals surface area (Å²) in [5, 5.41) is 0. The Bertz CT molecular complexity index is 1200. The average molecular weight is 849 g/mol. The third-order valence-electron chi connectivity index (χ3n) is 10.4. The van der Waals surface area contributed by atoms with Gasteiger partial charge in [0, 0.05) is 19.3 Å². The second-order valence-electron chi connectivity index (χ2n) is 16.3. The van der Waals surface area contributed by atoms with Gasteiger partial charge in [0.15, 0.2) is 6.10 Å². The molecule has 0 N–H and O–H groups in total. The molecular formula is C55H92O6. The predicted molar refractivity (Wildman–Crippen MR) is 261 cm³/mol. The van der Waals surface area contributed by atoms with Crippen molar-refractivity contribution >= 4 is 17.9 Å². The zero-order chi connectivity index (χ0) is 44.4. The van der Waals surface area contributed by atoms with Gasteiger partial charge >= 0.3 is 17.9 Å². The van der Waals surface area contributed by atoms with Crippen LogP contribution < -0.4 is 0 Å². The van der Waals surface area contributed by atoms with Crippen molar-refractivity contribution in [2.24, 2.45) is 0 Å². The summed E-state index contributed by atoms with van der Waals surface area (Å²) in [6.07, 6.45) is 62.9. The quantitative estimate of drug-likeness (QED) is 0.0263. The Hall–Kier alpha value is -3.41. The number of carbonyl (C=O) groups excluding carboxylic acids is 3. The van der Waals surface area contributed by atoms with Crippen molar-refractivity contribution in [3.63, 3.8) is 0 Å². The van der Waals surface area contributed by atoms with Crippen molar-refractivity contribution in [1.29, 1.82) is 0 Å². The highest BCUT2D eigenvalue weighted by atomic mass is 16.6. The van der Waals surface area contributed by atoms with Crippen LogP contribution in [0.15, 0.2) is 85.1 Å². The molecule has 0 heterocycles. The summed E-state index contributed by atoms with van der Waals surface area (Å²) in [7, 11) is 0. The Morgan fingerprint density at radius 1 is 0.344 bits per heavy atom. The van der Waals surface area contributed by atoms with E-state index in [1.54, 1.807) is 0 Å². The van der Waals surface area contributed by atoms with E-state index in [1.165, 1.54) is 70.6 Å². The van der Waals surface area contributed by atoms with E-state index >= 15 is 0 Å². The SMILES string of the molecule is CC/C=C\C/C=C\C/C=C\CCCCCCCCC(=O)OC(COC(=O)CCC/C=C\C/C=C\C/C=C\CCCCCCCC)COC(=O)CCCCCC/C=C\CCCC. The molecule has 0 aliphatic carbocycles. The highest BCUT2D eigenvalue weighted by Gasteiger charge is 2.19. The monoisotopic (exact) mass is 849 g/mol. The largest absolute Gasteiger partial charge is 0.462 e. The molecule has 0 aromatic carbocycles. The molecule has 1 atom stereocenters. The Balaban J connectivity index is 4.47. The summed E-state index contributed by atoms with van der Waals surface area (Å²) >= 11 is 0. The fraction of sp³-hybridized carbons (Fsp3) is 0.691. The van der Waals surface area contributed by atoms with Crippen LogP contribution in [-0.4, -0.2) is 37.2 Å². The van der Waals surface area contributed by atoms with Crippen molar-refractivity contribution in [2.45, 2.75) is 232 Å². The second-order valence-corrected chi connectivity index (χ2v) is 16.3. The number of esters is 3. The van der Waals surface area contributed by atoms with Crippen molar-refractivity contribution in [3.05, 3.63) is 85.1 Å². The normalized spacial score (nSPS) is 12.8. The Labute approximate surface area is 375 Å². The fourth-order valence-electron chi connectivity index (χ4n) is 6.57. The molecule has 0 aromatic rings. The minimum Gasteiger partial charge on any atom is -0.462 e. The van der Waals surface area contributed by atoms with Crippen LogP contribution in [0.4, 0.5) is 0 Å². The molecule has 348 valence electrons. The van der Waals surface area contributed by atoms with Gasteiger partial charge in [-0.3, -0.25) is 14.4 Å². The van der Waals surface area contributed by atoms with Gasteiger partial charge in [-0.25, -0.2) is 0 Å². The van der Waals surface area contributed by atoms with Gasteiger partial charge in [-0.1, -0.05) is 189 Å². The van der Waals surface area contributed by atoms with Crippen molar-refractivity contribution in [2.75, 3.05) is 13.2 Å². The first-order valence-electron chi connectivity index (χ1n) is 25.1. The lowest BCUT2D eigenvalue weighted by Crippen LogP contribution is -2.30. The molecule has 0 radical (unpaired) electrons. The number of rotatable bonds is 44. The van der Waals surface area contributed by atoms with Crippen LogP contribution in [0.5, 0.6) is 0 Å². The van der Waals surface area contributed by atoms with Gasteiger partial charge in [-0.15, -0.1) is 0 Å². The van der Waals surface area contributed by atoms with Crippen LogP contribution in [0.3, 0.4) is 0 Å². The van der Waals surface area contributed by atoms with Gasteiger partial charge in [-0.2, -0.15) is 0 Å². The summed E-state index contributed by atoms with van der Waals surface area (Å²) in [4.78, 5) is 37.9. The number of carbonyl (C=O) groups is 3. The molecule has 1 unspecified atom stereocenters. The first-order valence-corrected chi connectivity index (χ1v) is 25.1. The van der Waals surface area contributed by atoms with Gasteiger partial charge in [0.2, 0.25) is 0 Å². The van der Waals surface area contributed by atoms with E-state index < -0.39 is 6.10 Å². The Morgan fingerprint density at radius 3 is 1.13 bits per heavy atom. The summed E-state index contributed by atoms with van der Waals surface area (Å²) < 4.78 is 16.7. The van der Waals surface area contributed by atoms with Gasteiger partial charge in [-0.05, 0) is 103 Å². The van der Waals surface area contributed by atoms with E-state index in [0.29, 0.717) is 19.3 Å². The topological polar surface area (TPSA) is 78.9 Å². The van der Waals surface area contributed by atoms with E-state index in [2.05, 4.69) is 106 Å². The van der Waals surface area contributed by atoms with Crippen LogP contribution >= 0.6 is 0 Å². The molecule has 0 aliphatic heterocycles. The molecule has 0 aromatic heterocycles. The second kappa shape index (κ2) is 49.2. The van der Waals surface area contributed by atoms with Crippen molar-refractivity contribution in [1.82, 2.24) is 0 Å². The lowest BCUT2D eigenvalue weighted by Gasteiger charge is -2.18. The Morgan fingerprint density at radius 2 is 0.672 bits per heavy atom. The van der Waals surface area contributed by atoms with Crippen LogP contribution in [0.25, 0.3) is 0 Å². The summed E-state index contributed by atoms with van der Waals surface area (Å²) in [6.45, 7) is 6.40. The number of hydrogen-bond donors (Lipinski definition) is 0. The highest BCUT2D eigenvalue weighted by molar-refractivity contribution is 5.71. The lowest BCUT2D eigenvalue weighted by molar-refractivity contribution is -0.167. The van der Waals surface area contributed by atoms with Crippen LogP contribution in [-0.2, 0) is 28.6 Å². The van der Waals surface area contributed by atoms with Crippen LogP contribution in [0, 0.1) is 0 Å². The molecule has 0 amide bonds. The first-order chi connectivity index (χ1) is 30.0. The average Bonchev–Trinajstić information content (AvgIpc) is 3.26. The minimum atomic E-state index is -0.807. The molecule has 0 aliphatic rings. The molecule has 0 saturated carbocycles. The molecular weight excluding hydrogens is 757 g/mol. The van der Waals surface area contributed by atoms with Gasteiger partial charge in [0.25, 0.3) is 0 Å². The summed E-state index contributed by atoms with van der Waals surface area (Å²) in [6, 6.07) is 0. The smallest absolute Gasteiger partial charge is 0.306 e. The standard InChI is InChI=1S/C55H92O6/c1-4-7-10-13-16-19-22-24-26-28-30-31-33-36-39-42-45-48-54(57)60-51-52(50-59-53(56)47-44-41-38-35-21-18-15-12-9-6-3)61-55(58)49-46-43-40-37-34-32-29-27-25-23-20-17-14-11-8-5-2/h8,11,15,17-18,20,24-27,30-31,36,39,52H,4-7,9-10,12-14,16,19,21-23,28-29,32-35,37-38,40-51H2,1-3H3/b11-8-,18-15-,20-17-,26-24-,27-25-,31-30-,39-36-. The molecule has 0 rings (SSSR count). The molecule has 0 bridgehead atoms. The van der Waals surface area contributed by atoms with Gasteiger partial charge in [0.1, 0.15) is 13.2 Å². The predicted octanol–water partition coefficient (Wildman–Crippen LogP) is 16.4. The third-order valence-corrected chi connectivity index (χ3v) is 10.4. The zero-order valence-corrected chi connectivity index (χ0v) is 39.7. The van der Waals surface area contributed by atoms with Gasteiger partial charge in [0.05, 0.1) is 0 Å². The maximum Gasteiger partial charge on any atom is 0.306 e. The van der Waals surface area contributed by atoms with E-state index in [-0.39, 0.29) is 37.5 Å². The van der Waals surface area contributed by atoms with Gasteiger partial charge < -0.3 is 14.2 Å². The molecule has 0 saturated heterocycles. The number of hydrogen-bond acceptors (Lipinski definition) is 6. The molecule has 61 heavy (non-hydrogen) atoms. The zero-order valence-electron chi connectivity index (χ0n) is 39.7. The van der Waals surface area contributed by atoms with E-state index in [9.17, 15) is 14.4 Å². The van der Waals surface area contributed by atoms with E-state index in [0.717, 1.165) is 109 Å². The molecule has 0 spiro atoms. The lowest BCUT2D eigenvalue weighted by atomic mass is 10.1. The highest BCUT2D eigenvalue weighted by Crippen LogP contribution is 2.13. The number of unbranched alkanes of at least 4 members (excludes halogenated alkanes) is 19. The van der Waals surface area contributed by atoms with Crippen molar-refractivity contribution in [3.8, 4) is 0 Å². The summed E-state index contributed by atoms with van der Waals surface area (Å²) in [5.74, 6) is -0.988. The fourth-order valence-corrected chi connectivity index (χ4v) is 6.57. The summed E-state index contributed by atoms with van der Waals surface area (Å²) in [5.41, 5.74) is 0. The minimum absolute atomic E-state index is 0.105. The van der Waals surface area contributed by atoms with Crippen molar-refractivity contribution < 1.29 is 28.6 Å². The molecule has 6 heteroatoms. The van der Waals surface area contributed by atoms with E-state index in [4.69, 9.17) is 14.2 Å². The number of ether oxygens (including phenoxy) is 3.